The quantitative estimate of drug-likeness (QED) is 0.828. The van der Waals surface area contributed by atoms with Crippen molar-refractivity contribution in [3.05, 3.63) is 35.4 Å². The first-order valence-corrected chi connectivity index (χ1v) is 8.93. The topological polar surface area (TPSA) is 15.3 Å². The smallest absolute Gasteiger partial charge is 0.0233 e. The van der Waals surface area contributed by atoms with E-state index in [0.29, 0.717) is 6.04 Å². The van der Waals surface area contributed by atoms with E-state index in [1.54, 1.807) is 0 Å². The van der Waals surface area contributed by atoms with Crippen molar-refractivity contribution < 1.29 is 0 Å². The molecular formula is C17H28N2S. The molecule has 1 N–H and O–H groups in total. The van der Waals surface area contributed by atoms with Gasteiger partial charge in [-0.2, -0.15) is 11.8 Å². The Morgan fingerprint density at radius 1 is 1.15 bits per heavy atom. The number of thioether (sulfide) groups is 1. The summed E-state index contributed by atoms with van der Waals surface area (Å²) < 4.78 is 0. The summed E-state index contributed by atoms with van der Waals surface area (Å²) in [6.45, 7) is 11.1. The highest BCUT2D eigenvalue weighted by atomic mass is 32.2. The Kier molecular flexibility index (Phi) is 6.40. The molecule has 1 aromatic carbocycles. The van der Waals surface area contributed by atoms with Gasteiger partial charge in [0.15, 0.2) is 0 Å². The van der Waals surface area contributed by atoms with Crippen LogP contribution in [0.25, 0.3) is 0 Å². The Morgan fingerprint density at radius 2 is 1.80 bits per heavy atom. The Balaban J connectivity index is 1.82. The van der Waals surface area contributed by atoms with Gasteiger partial charge in [0, 0.05) is 24.4 Å². The molecule has 0 amide bonds. The SMILES string of the molecule is CCN(CC)Cc1ccc(CNC2CCSC2C)cc1. The predicted molar refractivity (Wildman–Crippen MR) is 90.2 cm³/mol. The molecule has 1 fully saturated rings. The fourth-order valence-corrected chi connectivity index (χ4v) is 3.94. The largest absolute Gasteiger partial charge is 0.309 e. The van der Waals surface area contributed by atoms with Crippen molar-refractivity contribution in [2.24, 2.45) is 0 Å². The van der Waals surface area contributed by atoms with Gasteiger partial charge in [0.2, 0.25) is 0 Å². The molecule has 0 aromatic heterocycles. The van der Waals surface area contributed by atoms with Gasteiger partial charge in [-0.15, -0.1) is 0 Å². The normalized spacial score (nSPS) is 22.6. The molecule has 2 unspecified atom stereocenters. The van der Waals surface area contributed by atoms with Crippen LogP contribution < -0.4 is 5.32 Å². The molecule has 1 saturated heterocycles. The molecule has 0 radical (unpaired) electrons. The van der Waals surface area contributed by atoms with Crippen molar-refractivity contribution in [2.45, 2.75) is 51.6 Å². The van der Waals surface area contributed by atoms with Gasteiger partial charge >= 0.3 is 0 Å². The van der Waals surface area contributed by atoms with Crippen molar-refractivity contribution in [3.8, 4) is 0 Å². The molecular weight excluding hydrogens is 264 g/mol. The number of nitrogens with zero attached hydrogens (tertiary/aromatic N) is 1. The van der Waals surface area contributed by atoms with Crippen LogP contribution in [0.5, 0.6) is 0 Å². The third kappa shape index (κ3) is 4.51. The standard InChI is InChI=1S/C17H28N2S/c1-4-19(5-2)13-16-8-6-15(7-9-16)12-18-17-10-11-20-14(17)3/h6-9,14,17-18H,4-5,10-13H2,1-3H3. The van der Waals surface area contributed by atoms with Crippen LogP contribution in [-0.2, 0) is 13.1 Å². The van der Waals surface area contributed by atoms with E-state index < -0.39 is 0 Å². The first kappa shape index (κ1) is 15.9. The van der Waals surface area contributed by atoms with Crippen LogP contribution in [0.2, 0.25) is 0 Å². The lowest BCUT2D eigenvalue weighted by atomic mass is 10.1. The predicted octanol–water partition coefficient (Wildman–Crippen LogP) is 3.51. The highest BCUT2D eigenvalue weighted by Crippen LogP contribution is 2.26. The van der Waals surface area contributed by atoms with E-state index in [1.807, 2.05) is 0 Å². The number of rotatable bonds is 7. The first-order chi connectivity index (χ1) is 9.72. The second-order valence-electron chi connectivity index (χ2n) is 5.63. The maximum atomic E-state index is 3.70. The zero-order chi connectivity index (χ0) is 14.4. The van der Waals surface area contributed by atoms with Gasteiger partial charge in [0.1, 0.15) is 0 Å². The van der Waals surface area contributed by atoms with Crippen LogP contribution in [-0.4, -0.2) is 35.0 Å². The zero-order valence-corrected chi connectivity index (χ0v) is 13.9. The molecule has 112 valence electrons. The third-order valence-electron chi connectivity index (χ3n) is 4.27. The summed E-state index contributed by atoms with van der Waals surface area (Å²) in [5.74, 6) is 1.31. The molecule has 1 aromatic rings. The lowest BCUT2D eigenvalue weighted by molar-refractivity contribution is 0.296. The van der Waals surface area contributed by atoms with E-state index in [1.165, 1.54) is 23.3 Å². The van der Waals surface area contributed by atoms with Gasteiger partial charge in [-0.25, -0.2) is 0 Å². The number of benzene rings is 1. The molecule has 2 rings (SSSR count). The highest BCUT2D eigenvalue weighted by Gasteiger charge is 2.22. The van der Waals surface area contributed by atoms with Crippen LogP contribution in [0.4, 0.5) is 0 Å². The maximum absolute atomic E-state index is 3.70. The van der Waals surface area contributed by atoms with Crippen molar-refractivity contribution in [2.75, 3.05) is 18.8 Å². The van der Waals surface area contributed by atoms with Crippen LogP contribution >= 0.6 is 11.8 Å². The third-order valence-corrected chi connectivity index (χ3v) is 5.59. The summed E-state index contributed by atoms with van der Waals surface area (Å²) in [7, 11) is 0. The minimum absolute atomic E-state index is 0.690. The minimum atomic E-state index is 0.690. The molecule has 0 bridgehead atoms. The molecule has 0 spiro atoms. The molecule has 0 saturated carbocycles. The second-order valence-corrected chi connectivity index (χ2v) is 7.12. The number of hydrogen-bond acceptors (Lipinski definition) is 3. The molecule has 2 nitrogen and oxygen atoms in total. The molecule has 1 aliphatic rings. The Labute approximate surface area is 128 Å². The van der Waals surface area contributed by atoms with Crippen LogP contribution in [0.1, 0.15) is 38.3 Å². The van der Waals surface area contributed by atoms with E-state index in [9.17, 15) is 0 Å². The second kappa shape index (κ2) is 8.06. The lowest BCUT2D eigenvalue weighted by Gasteiger charge is -2.19. The molecule has 1 aliphatic heterocycles. The number of nitrogens with one attached hydrogen (secondary N) is 1. The van der Waals surface area contributed by atoms with Gasteiger partial charge in [0.05, 0.1) is 0 Å². The fraction of sp³-hybridized carbons (Fsp3) is 0.647. The number of hydrogen-bond donors (Lipinski definition) is 1. The van der Waals surface area contributed by atoms with Crippen molar-refractivity contribution >= 4 is 11.8 Å². The van der Waals surface area contributed by atoms with Gasteiger partial charge in [-0.05, 0) is 36.4 Å². The average Bonchev–Trinajstić information content (AvgIpc) is 2.89. The summed E-state index contributed by atoms with van der Waals surface area (Å²) in [6.07, 6.45) is 1.31. The summed E-state index contributed by atoms with van der Waals surface area (Å²) in [6, 6.07) is 9.80. The van der Waals surface area contributed by atoms with E-state index in [4.69, 9.17) is 0 Å². The lowest BCUT2D eigenvalue weighted by Crippen LogP contribution is -2.32. The van der Waals surface area contributed by atoms with Gasteiger partial charge < -0.3 is 5.32 Å². The van der Waals surface area contributed by atoms with Crippen LogP contribution in [0.15, 0.2) is 24.3 Å². The average molecular weight is 292 g/mol. The molecule has 1 heterocycles. The Bertz CT molecular complexity index is 386. The minimum Gasteiger partial charge on any atom is -0.309 e. The Morgan fingerprint density at radius 3 is 2.35 bits per heavy atom. The van der Waals surface area contributed by atoms with Crippen molar-refractivity contribution in [3.63, 3.8) is 0 Å². The molecule has 2 atom stereocenters. The van der Waals surface area contributed by atoms with Crippen molar-refractivity contribution in [1.82, 2.24) is 10.2 Å². The summed E-state index contributed by atoms with van der Waals surface area (Å²) >= 11 is 2.09. The van der Waals surface area contributed by atoms with E-state index in [0.717, 1.165) is 31.4 Å². The van der Waals surface area contributed by atoms with E-state index in [2.05, 4.69) is 67.0 Å². The van der Waals surface area contributed by atoms with E-state index in [-0.39, 0.29) is 0 Å². The monoisotopic (exact) mass is 292 g/mol. The van der Waals surface area contributed by atoms with Gasteiger partial charge in [-0.1, -0.05) is 45.0 Å². The Hall–Kier alpha value is -0.510. The van der Waals surface area contributed by atoms with Gasteiger partial charge in [-0.3, -0.25) is 4.90 Å². The summed E-state index contributed by atoms with van der Waals surface area (Å²) in [5, 5.41) is 4.46. The zero-order valence-electron chi connectivity index (χ0n) is 13.1. The molecule has 0 aliphatic carbocycles. The molecule has 3 heteroatoms. The van der Waals surface area contributed by atoms with E-state index >= 15 is 0 Å². The fourth-order valence-electron chi connectivity index (χ4n) is 2.72. The molecule has 20 heavy (non-hydrogen) atoms. The van der Waals surface area contributed by atoms with Crippen LogP contribution in [0.3, 0.4) is 0 Å². The summed E-state index contributed by atoms with van der Waals surface area (Å²) in [5.41, 5.74) is 2.82. The summed E-state index contributed by atoms with van der Waals surface area (Å²) in [4.78, 5) is 2.45. The van der Waals surface area contributed by atoms with Crippen LogP contribution in [0, 0.1) is 0 Å². The maximum Gasteiger partial charge on any atom is 0.0233 e. The van der Waals surface area contributed by atoms with Crippen molar-refractivity contribution in [1.29, 1.82) is 0 Å². The highest BCUT2D eigenvalue weighted by molar-refractivity contribution is 8.00. The van der Waals surface area contributed by atoms with Gasteiger partial charge in [0.25, 0.3) is 0 Å². The first-order valence-electron chi connectivity index (χ1n) is 7.88.